The number of anilines is 2. The maximum Gasteiger partial charge on any atom is 0.328 e. The molecule has 1 heterocycles. The van der Waals surface area contributed by atoms with Crippen LogP contribution < -0.4 is 15.0 Å². The summed E-state index contributed by atoms with van der Waals surface area (Å²) < 4.78 is 19.5. The first-order valence-electron chi connectivity index (χ1n) is 5.84. The van der Waals surface area contributed by atoms with E-state index in [9.17, 15) is 4.39 Å². The van der Waals surface area contributed by atoms with Crippen molar-refractivity contribution in [3.63, 3.8) is 0 Å². The Kier molecular flexibility index (Phi) is 4.79. The summed E-state index contributed by atoms with van der Waals surface area (Å²) in [6.07, 6.45) is 0. The first kappa shape index (κ1) is 15.7. The molecule has 0 aliphatic heterocycles. The zero-order chi connectivity index (χ0) is 15.6. The molecular weight excluding hydrogens is 365 g/mol. The van der Waals surface area contributed by atoms with Crippen molar-refractivity contribution in [3.8, 4) is 11.8 Å². The van der Waals surface area contributed by atoms with Gasteiger partial charge in [-0.2, -0.15) is 15.0 Å². The van der Waals surface area contributed by atoms with Crippen molar-refractivity contribution in [1.82, 2.24) is 15.0 Å². The highest BCUT2D eigenvalue weighted by molar-refractivity contribution is 9.10. The molecule has 0 aliphatic carbocycles. The van der Waals surface area contributed by atoms with Crippen molar-refractivity contribution in [2.45, 2.75) is 0 Å². The van der Waals surface area contributed by atoms with E-state index >= 15 is 0 Å². The first-order valence-corrected chi connectivity index (χ1v) is 7.01. The Hall–Kier alpha value is -1.67. The molecule has 2 aromatic rings. The maximum absolute atomic E-state index is 13.5. The monoisotopic (exact) mass is 375 g/mol. The molecule has 0 unspecified atom stereocenters. The molecule has 0 spiro atoms. The second kappa shape index (κ2) is 6.40. The van der Waals surface area contributed by atoms with Crippen molar-refractivity contribution in [2.24, 2.45) is 0 Å². The lowest BCUT2D eigenvalue weighted by Crippen LogP contribution is -2.15. The second-order valence-corrected chi connectivity index (χ2v) is 5.45. The lowest BCUT2D eigenvalue weighted by molar-refractivity contribution is 0.434. The topological polar surface area (TPSA) is 63.2 Å². The molecule has 0 amide bonds. The van der Waals surface area contributed by atoms with Crippen LogP contribution >= 0.6 is 27.5 Å². The summed E-state index contributed by atoms with van der Waals surface area (Å²) in [5, 5.41) is 2.80. The lowest BCUT2D eigenvalue weighted by Gasteiger charge is -2.13. The first-order chi connectivity index (χ1) is 9.90. The molecule has 2 rings (SSSR count). The number of nitrogens with one attached hydrogen (secondary N) is 1. The SMILES string of the molecule is CNc1nc(Oc2cc(F)c(Cl)cc2Br)nc(N(C)C)n1. The van der Waals surface area contributed by atoms with E-state index in [1.165, 1.54) is 6.07 Å². The van der Waals surface area contributed by atoms with Crippen LogP contribution in [0.25, 0.3) is 0 Å². The van der Waals surface area contributed by atoms with E-state index in [2.05, 4.69) is 36.2 Å². The van der Waals surface area contributed by atoms with Crippen LogP contribution in [0.15, 0.2) is 16.6 Å². The van der Waals surface area contributed by atoms with Crippen LogP contribution in [0.4, 0.5) is 16.3 Å². The normalized spacial score (nSPS) is 10.4. The Labute approximate surface area is 134 Å². The highest BCUT2D eigenvalue weighted by atomic mass is 79.9. The third-order valence-corrected chi connectivity index (χ3v) is 3.31. The third-order valence-electron chi connectivity index (χ3n) is 2.40. The number of nitrogens with zero attached hydrogens (tertiary/aromatic N) is 4. The fourth-order valence-corrected chi connectivity index (χ4v) is 2.10. The Morgan fingerprint density at radius 1 is 1.29 bits per heavy atom. The van der Waals surface area contributed by atoms with E-state index in [1.54, 1.807) is 26.0 Å². The van der Waals surface area contributed by atoms with Crippen LogP contribution in [-0.4, -0.2) is 36.1 Å². The summed E-state index contributed by atoms with van der Waals surface area (Å²) in [5.41, 5.74) is 0. The van der Waals surface area contributed by atoms with Gasteiger partial charge in [-0.05, 0) is 22.0 Å². The second-order valence-electron chi connectivity index (χ2n) is 4.18. The van der Waals surface area contributed by atoms with Gasteiger partial charge in [0.05, 0.1) is 9.50 Å². The summed E-state index contributed by atoms with van der Waals surface area (Å²) in [7, 11) is 5.25. The minimum atomic E-state index is -0.592. The zero-order valence-electron chi connectivity index (χ0n) is 11.5. The average molecular weight is 377 g/mol. The Balaban J connectivity index is 2.39. The average Bonchev–Trinajstić information content (AvgIpc) is 2.44. The molecule has 6 nitrogen and oxygen atoms in total. The van der Waals surface area contributed by atoms with Crippen molar-refractivity contribution >= 4 is 39.4 Å². The lowest BCUT2D eigenvalue weighted by atomic mass is 10.3. The molecule has 1 aromatic carbocycles. The van der Waals surface area contributed by atoms with Gasteiger partial charge in [0, 0.05) is 27.2 Å². The van der Waals surface area contributed by atoms with E-state index < -0.39 is 5.82 Å². The molecule has 1 aromatic heterocycles. The molecule has 0 saturated heterocycles. The number of halogens is 3. The van der Waals surface area contributed by atoms with Gasteiger partial charge >= 0.3 is 6.01 Å². The van der Waals surface area contributed by atoms with Crippen LogP contribution in [0.2, 0.25) is 5.02 Å². The van der Waals surface area contributed by atoms with E-state index in [4.69, 9.17) is 16.3 Å². The standard InChI is InChI=1S/C12H12BrClFN5O/c1-16-10-17-11(20(2)3)19-12(18-10)21-9-5-8(15)7(14)4-6(9)13/h4-5H,1-3H3,(H,16,17,18,19). The summed E-state index contributed by atoms with van der Waals surface area (Å²) in [6, 6.07) is 2.60. The van der Waals surface area contributed by atoms with E-state index in [-0.39, 0.29) is 16.8 Å². The molecule has 1 N–H and O–H groups in total. The minimum Gasteiger partial charge on any atom is -0.423 e. The third kappa shape index (κ3) is 3.70. The molecule has 0 bridgehead atoms. The molecule has 0 atom stereocenters. The van der Waals surface area contributed by atoms with Gasteiger partial charge in [-0.1, -0.05) is 11.6 Å². The Morgan fingerprint density at radius 3 is 2.62 bits per heavy atom. The largest absolute Gasteiger partial charge is 0.423 e. The summed E-state index contributed by atoms with van der Waals surface area (Å²) in [4.78, 5) is 14.1. The highest BCUT2D eigenvalue weighted by Crippen LogP contribution is 2.33. The van der Waals surface area contributed by atoms with Gasteiger partial charge in [-0.3, -0.25) is 0 Å². The fraction of sp³-hybridized carbons (Fsp3) is 0.250. The van der Waals surface area contributed by atoms with Gasteiger partial charge < -0.3 is 15.0 Å². The molecule has 0 radical (unpaired) electrons. The highest BCUT2D eigenvalue weighted by Gasteiger charge is 2.13. The summed E-state index contributed by atoms with van der Waals surface area (Å²) >= 11 is 8.93. The fourth-order valence-electron chi connectivity index (χ4n) is 1.38. The van der Waals surface area contributed by atoms with E-state index in [0.29, 0.717) is 16.4 Å². The number of hydrogen-bond donors (Lipinski definition) is 1. The molecule has 0 saturated carbocycles. The van der Waals surface area contributed by atoms with Gasteiger partial charge in [0.15, 0.2) is 0 Å². The molecular formula is C12H12BrClFN5O. The molecule has 112 valence electrons. The summed E-state index contributed by atoms with van der Waals surface area (Å²) in [6.45, 7) is 0. The van der Waals surface area contributed by atoms with Crippen molar-refractivity contribution in [2.75, 3.05) is 31.4 Å². The maximum atomic E-state index is 13.5. The molecule has 0 fully saturated rings. The number of rotatable bonds is 4. The number of aromatic nitrogens is 3. The van der Waals surface area contributed by atoms with Gasteiger partial charge in [-0.25, -0.2) is 4.39 Å². The van der Waals surface area contributed by atoms with Crippen LogP contribution in [0, 0.1) is 5.82 Å². The number of ether oxygens (including phenoxy) is 1. The van der Waals surface area contributed by atoms with Crippen molar-refractivity contribution in [3.05, 3.63) is 27.4 Å². The predicted octanol–water partition coefficient (Wildman–Crippen LogP) is 3.33. The van der Waals surface area contributed by atoms with Crippen LogP contribution in [-0.2, 0) is 0 Å². The number of benzene rings is 1. The molecule has 0 aliphatic rings. The minimum absolute atomic E-state index is 0.00485. The van der Waals surface area contributed by atoms with Gasteiger partial charge in [0.1, 0.15) is 11.6 Å². The smallest absolute Gasteiger partial charge is 0.328 e. The van der Waals surface area contributed by atoms with Crippen LogP contribution in [0.3, 0.4) is 0 Å². The Bertz CT molecular complexity index is 670. The van der Waals surface area contributed by atoms with E-state index in [0.717, 1.165) is 6.07 Å². The Morgan fingerprint density at radius 2 is 2.00 bits per heavy atom. The van der Waals surface area contributed by atoms with Crippen LogP contribution in [0.5, 0.6) is 11.8 Å². The zero-order valence-corrected chi connectivity index (χ0v) is 13.8. The summed E-state index contributed by atoms with van der Waals surface area (Å²) in [5.74, 6) is 0.379. The van der Waals surface area contributed by atoms with Crippen molar-refractivity contribution < 1.29 is 9.13 Å². The van der Waals surface area contributed by atoms with E-state index in [1.807, 2.05) is 0 Å². The van der Waals surface area contributed by atoms with Gasteiger partial charge in [0.25, 0.3) is 0 Å². The number of hydrogen-bond acceptors (Lipinski definition) is 6. The predicted molar refractivity (Wildman–Crippen MR) is 82.9 cm³/mol. The molecule has 9 heteroatoms. The van der Waals surface area contributed by atoms with Gasteiger partial charge in [0.2, 0.25) is 11.9 Å². The van der Waals surface area contributed by atoms with Crippen molar-refractivity contribution in [1.29, 1.82) is 0 Å². The molecule has 21 heavy (non-hydrogen) atoms. The van der Waals surface area contributed by atoms with Crippen LogP contribution in [0.1, 0.15) is 0 Å². The quantitative estimate of drug-likeness (QED) is 0.826. The van der Waals surface area contributed by atoms with Gasteiger partial charge in [-0.15, -0.1) is 0 Å².